The Bertz CT molecular complexity index is 673. The van der Waals surface area contributed by atoms with Gasteiger partial charge >= 0.3 is 0 Å². The Morgan fingerprint density at radius 2 is 1.90 bits per heavy atom. The van der Waals surface area contributed by atoms with Gasteiger partial charge < -0.3 is 0 Å². The third-order valence-electron chi connectivity index (χ3n) is 3.85. The molecule has 0 atom stereocenters. The number of halogens is 1. The van der Waals surface area contributed by atoms with Gasteiger partial charge in [-0.1, -0.05) is 46.3 Å². The minimum atomic E-state index is -0.280. The van der Waals surface area contributed by atoms with Crippen LogP contribution in [0.5, 0.6) is 0 Å². The smallest absolute Gasteiger partial charge is 0.274 e. The van der Waals surface area contributed by atoms with Crippen molar-refractivity contribution in [3.63, 3.8) is 0 Å². The summed E-state index contributed by atoms with van der Waals surface area (Å²) < 4.78 is 0.975. The quantitative estimate of drug-likeness (QED) is 0.625. The Kier molecular flexibility index (Phi) is 4.03. The van der Waals surface area contributed by atoms with Gasteiger partial charge in [0.1, 0.15) is 0 Å². The fourth-order valence-electron chi connectivity index (χ4n) is 2.82. The maximum atomic E-state index is 11.2. The van der Waals surface area contributed by atoms with Gasteiger partial charge in [-0.3, -0.25) is 15.0 Å². The van der Waals surface area contributed by atoms with Gasteiger partial charge in [-0.05, 0) is 23.6 Å². The van der Waals surface area contributed by atoms with E-state index in [1.165, 1.54) is 5.56 Å². The lowest BCUT2D eigenvalue weighted by atomic mass is 9.97. The van der Waals surface area contributed by atoms with Crippen molar-refractivity contribution in [3.8, 4) is 0 Å². The van der Waals surface area contributed by atoms with Crippen LogP contribution >= 0.6 is 15.9 Å². The molecule has 108 valence electrons. The third-order valence-corrected chi connectivity index (χ3v) is 4.60. The van der Waals surface area contributed by atoms with E-state index in [0.29, 0.717) is 6.54 Å². The molecule has 4 nitrogen and oxygen atoms in total. The molecule has 21 heavy (non-hydrogen) atoms. The summed E-state index contributed by atoms with van der Waals surface area (Å²) in [5, 5.41) is 11.2. The second kappa shape index (κ2) is 5.95. The molecule has 0 unspecified atom stereocenters. The van der Waals surface area contributed by atoms with Gasteiger partial charge in [0.2, 0.25) is 0 Å². The molecule has 0 saturated carbocycles. The number of nitrogens with zero attached hydrogens (tertiary/aromatic N) is 2. The highest BCUT2D eigenvalue weighted by Gasteiger charge is 2.26. The minimum absolute atomic E-state index is 0.228. The average molecular weight is 347 g/mol. The molecular weight excluding hydrogens is 332 g/mol. The van der Waals surface area contributed by atoms with Crippen molar-refractivity contribution >= 4 is 21.6 Å². The maximum absolute atomic E-state index is 11.2. The lowest BCUT2D eigenvalue weighted by Crippen LogP contribution is -2.30. The Morgan fingerprint density at radius 1 is 1.14 bits per heavy atom. The molecule has 2 aromatic carbocycles. The zero-order chi connectivity index (χ0) is 14.8. The number of nitro groups is 1. The number of hydrogen-bond acceptors (Lipinski definition) is 3. The molecule has 1 heterocycles. The van der Waals surface area contributed by atoms with Gasteiger partial charge in [-0.15, -0.1) is 0 Å². The summed E-state index contributed by atoms with van der Waals surface area (Å²) in [7, 11) is 0. The number of benzene rings is 2. The van der Waals surface area contributed by atoms with Crippen molar-refractivity contribution in [2.45, 2.75) is 19.5 Å². The van der Waals surface area contributed by atoms with E-state index in [0.717, 1.165) is 35.1 Å². The van der Waals surface area contributed by atoms with Crippen LogP contribution in [0.3, 0.4) is 0 Å². The summed E-state index contributed by atoms with van der Waals surface area (Å²) >= 11 is 3.51. The molecule has 0 bridgehead atoms. The highest BCUT2D eigenvalue weighted by molar-refractivity contribution is 9.10. The van der Waals surface area contributed by atoms with Crippen molar-refractivity contribution < 1.29 is 4.92 Å². The second-order valence-electron chi connectivity index (χ2n) is 5.23. The van der Waals surface area contributed by atoms with Crippen LogP contribution in [0.1, 0.15) is 16.7 Å². The van der Waals surface area contributed by atoms with E-state index in [1.807, 2.05) is 18.2 Å². The Morgan fingerprint density at radius 3 is 2.62 bits per heavy atom. The summed E-state index contributed by atoms with van der Waals surface area (Å²) in [6, 6.07) is 13.6. The van der Waals surface area contributed by atoms with E-state index in [4.69, 9.17) is 0 Å². The maximum Gasteiger partial charge on any atom is 0.274 e. The van der Waals surface area contributed by atoms with Crippen LogP contribution in [0.15, 0.2) is 46.9 Å². The molecule has 0 N–H and O–H groups in total. The van der Waals surface area contributed by atoms with Crippen LogP contribution in [-0.2, 0) is 19.5 Å². The van der Waals surface area contributed by atoms with Crippen molar-refractivity contribution in [1.29, 1.82) is 0 Å². The summed E-state index contributed by atoms with van der Waals surface area (Å²) in [6.07, 6.45) is 0.838. The van der Waals surface area contributed by atoms with E-state index in [2.05, 4.69) is 33.0 Å². The molecule has 0 fully saturated rings. The fraction of sp³-hybridized carbons (Fsp3) is 0.250. The summed E-state index contributed by atoms with van der Waals surface area (Å²) in [4.78, 5) is 13.2. The molecule has 0 saturated heterocycles. The van der Waals surface area contributed by atoms with E-state index >= 15 is 0 Å². The fourth-order valence-corrected chi connectivity index (χ4v) is 3.39. The summed E-state index contributed by atoms with van der Waals surface area (Å²) in [5.74, 6) is 0. The van der Waals surface area contributed by atoms with Crippen LogP contribution in [0.25, 0.3) is 0 Å². The molecule has 1 aliphatic heterocycles. The molecule has 0 amide bonds. The molecule has 0 aromatic heterocycles. The van der Waals surface area contributed by atoms with Crippen LogP contribution in [0, 0.1) is 10.1 Å². The highest BCUT2D eigenvalue weighted by atomic mass is 79.9. The summed E-state index contributed by atoms with van der Waals surface area (Å²) in [6.45, 7) is 2.37. The topological polar surface area (TPSA) is 46.4 Å². The van der Waals surface area contributed by atoms with E-state index < -0.39 is 0 Å². The lowest BCUT2D eigenvalue weighted by Gasteiger charge is -2.29. The molecule has 0 aliphatic carbocycles. The first-order valence-electron chi connectivity index (χ1n) is 6.86. The van der Waals surface area contributed by atoms with Gasteiger partial charge in [-0.2, -0.15) is 0 Å². The van der Waals surface area contributed by atoms with Gasteiger partial charge in [0, 0.05) is 35.7 Å². The van der Waals surface area contributed by atoms with Crippen LogP contribution < -0.4 is 0 Å². The van der Waals surface area contributed by atoms with Gasteiger partial charge in [0.25, 0.3) is 5.69 Å². The van der Waals surface area contributed by atoms with Crippen LogP contribution in [0.2, 0.25) is 0 Å². The normalized spacial score (nSPS) is 14.7. The molecular formula is C16H15BrN2O2. The Hall–Kier alpha value is -1.72. The zero-order valence-electron chi connectivity index (χ0n) is 11.5. The van der Waals surface area contributed by atoms with Crippen molar-refractivity contribution in [2.24, 2.45) is 0 Å². The first kappa shape index (κ1) is 14.2. The Balaban J connectivity index is 1.87. The SMILES string of the molecule is O=[N+]([O-])c1ccc(Br)c2c1CN(Cc1ccccc1)CC2. The monoisotopic (exact) mass is 346 g/mol. The molecule has 2 aromatic rings. The number of nitro benzene ring substituents is 1. The number of rotatable bonds is 3. The molecule has 3 rings (SSSR count). The predicted molar refractivity (Wildman–Crippen MR) is 85.1 cm³/mol. The standard InChI is InChI=1S/C16H15BrN2O2/c17-15-6-7-16(19(20)21)14-11-18(9-8-13(14)15)10-12-4-2-1-3-5-12/h1-7H,8-11H2. The first-order valence-corrected chi connectivity index (χ1v) is 7.65. The average Bonchev–Trinajstić information content (AvgIpc) is 2.48. The number of fused-ring (bicyclic) bond motifs is 1. The molecule has 5 heteroatoms. The summed E-state index contributed by atoms with van der Waals surface area (Å²) in [5.41, 5.74) is 3.38. The zero-order valence-corrected chi connectivity index (χ0v) is 13.0. The second-order valence-corrected chi connectivity index (χ2v) is 6.08. The molecule has 0 radical (unpaired) electrons. The van der Waals surface area contributed by atoms with Gasteiger partial charge in [-0.25, -0.2) is 0 Å². The largest absolute Gasteiger partial charge is 0.294 e. The van der Waals surface area contributed by atoms with Crippen molar-refractivity contribution in [2.75, 3.05) is 6.54 Å². The van der Waals surface area contributed by atoms with Crippen molar-refractivity contribution in [3.05, 3.63) is 73.7 Å². The van der Waals surface area contributed by atoms with E-state index in [9.17, 15) is 10.1 Å². The van der Waals surface area contributed by atoms with Crippen LogP contribution in [-0.4, -0.2) is 16.4 Å². The highest BCUT2D eigenvalue weighted by Crippen LogP contribution is 2.33. The van der Waals surface area contributed by atoms with Crippen LogP contribution in [0.4, 0.5) is 5.69 Å². The minimum Gasteiger partial charge on any atom is -0.294 e. The number of hydrogen-bond donors (Lipinski definition) is 0. The lowest BCUT2D eigenvalue weighted by molar-refractivity contribution is -0.385. The van der Waals surface area contributed by atoms with E-state index in [-0.39, 0.29) is 10.6 Å². The molecule has 1 aliphatic rings. The van der Waals surface area contributed by atoms with Gasteiger partial charge in [0.15, 0.2) is 0 Å². The Labute approximate surface area is 131 Å². The predicted octanol–water partition coefficient (Wildman–Crippen LogP) is 3.92. The first-order chi connectivity index (χ1) is 10.1. The molecule has 0 spiro atoms. The third kappa shape index (κ3) is 2.99. The van der Waals surface area contributed by atoms with E-state index in [1.54, 1.807) is 12.1 Å². The van der Waals surface area contributed by atoms with Crippen molar-refractivity contribution in [1.82, 2.24) is 4.90 Å². The van der Waals surface area contributed by atoms with Gasteiger partial charge in [0.05, 0.1) is 4.92 Å².